The number of nitriles is 1. The van der Waals surface area contributed by atoms with Crippen molar-refractivity contribution in [3.05, 3.63) is 56.6 Å². The van der Waals surface area contributed by atoms with Gasteiger partial charge in [0.05, 0.1) is 0 Å². The van der Waals surface area contributed by atoms with Crippen LogP contribution in [0, 0.1) is 11.5 Å². The van der Waals surface area contributed by atoms with Crippen LogP contribution < -0.4 is 19.9 Å². The minimum atomic E-state index is -3.72. The highest BCUT2D eigenvalue weighted by Gasteiger charge is 2.40. The van der Waals surface area contributed by atoms with E-state index in [1.54, 1.807) is 6.26 Å². The second-order valence-corrected chi connectivity index (χ2v) is 20.7. The minimum absolute atomic E-state index is 0.124. The molecular formula is C40H64Cl2N6O6S2. The molecule has 2 unspecified atom stereocenters. The molecular weight excluding hydrogens is 796 g/mol. The minimum Gasteiger partial charge on any atom is -0.387 e. The molecule has 316 valence electrons. The Labute approximate surface area is 346 Å². The summed E-state index contributed by atoms with van der Waals surface area (Å²) in [4.78, 5) is 16.8. The number of nitrogens with two attached hydrogens (primary N) is 1. The summed E-state index contributed by atoms with van der Waals surface area (Å²) < 4.78 is 54.0. The number of urea groups is 1. The molecule has 4 N–H and O–H groups in total. The molecule has 2 aromatic rings. The predicted octanol–water partition coefficient (Wildman–Crippen LogP) is 8.73. The molecule has 2 amide bonds. The van der Waals surface area contributed by atoms with Gasteiger partial charge in [-0.25, -0.2) is 31.5 Å². The Hall–Kier alpha value is -2.64. The van der Waals surface area contributed by atoms with Gasteiger partial charge in [0.15, 0.2) is 0 Å². The third kappa shape index (κ3) is 13.7. The van der Waals surface area contributed by atoms with Crippen molar-refractivity contribution in [2.75, 3.05) is 31.5 Å². The van der Waals surface area contributed by atoms with Crippen molar-refractivity contribution in [1.82, 2.24) is 14.5 Å². The average Bonchev–Trinajstić information content (AvgIpc) is 3.03. The van der Waals surface area contributed by atoms with Crippen molar-refractivity contribution in [3.8, 4) is 12.0 Å². The molecule has 56 heavy (non-hydrogen) atoms. The molecule has 2 heterocycles. The van der Waals surface area contributed by atoms with Crippen LogP contribution in [-0.4, -0.2) is 81.4 Å². The Morgan fingerprint density at radius 3 is 1.43 bits per heavy atom. The van der Waals surface area contributed by atoms with Gasteiger partial charge in [0.1, 0.15) is 16.2 Å². The SMILES string of the molecule is CC(C)c1cc(Cl)cc(C(C)C)c1OC#N.CCC(C)N1CC(S(=O)(=O)NC(=O)Nc2c(C(C)C)cc(Cl)cc2C(C)C)C1.CCC(C)N1CC(S(N)(=O)=O)C1. The molecule has 2 fully saturated rings. The number of ether oxygens (including phenoxy) is 1. The van der Waals surface area contributed by atoms with E-state index in [-0.39, 0.29) is 28.9 Å². The Balaban J connectivity index is 0.000000325. The predicted molar refractivity (Wildman–Crippen MR) is 230 cm³/mol. The fraction of sp³-hybridized carbons (Fsp3) is 0.650. The number of primary sulfonamides is 1. The summed E-state index contributed by atoms with van der Waals surface area (Å²) >= 11 is 12.3. The van der Waals surface area contributed by atoms with E-state index in [1.165, 1.54) is 0 Å². The molecule has 4 rings (SSSR count). The Bertz CT molecular complexity index is 1830. The third-order valence-corrected chi connectivity index (χ3v) is 13.8. The van der Waals surface area contributed by atoms with Gasteiger partial charge in [-0.3, -0.25) is 9.80 Å². The summed E-state index contributed by atoms with van der Waals surface area (Å²) in [5, 5.41) is 16.9. The number of anilines is 1. The zero-order chi connectivity index (χ0) is 42.9. The van der Waals surface area contributed by atoms with Gasteiger partial charge in [0, 0.05) is 65.1 Å². The first-order chi connectivity index (χ1) is 25.9. The van der Waals surface area contributed by atoms with Crippen LogP contribution >= 0.6 is 23.2 Å². The van der Waals surface area contributed by atoms with Crippen LogP contribution in [0.15, 0.2) is 24.3 Å². The van der Waals surface area contributed by atoms with Gasteiger partial charge in [0.2, 0.25) is 20.0 Å². The lowest BCUT2D eigenvalue weighted by Gasteiger charge is -2.42. The normalized spacial score (nSPS) is 16.5. The average molecular weight is 860 g/mol. The Kier molecular flexibility index (Phi) is 18.9. The van der Waals surface area contributed by atoms with E-state index in [0.29, 0.717) is 59.7 Å². The molecule has 2 saturated heterocycles. The molecule has 0 saturated carbocycles. The lowest BCUT2D eigenvalue weighted by molar-refractivity contribution is 0.128. The second kappa shape index (κ2) is 21.4. The van der Waals surface area contributed by atoms with Crippen LogP contribution in [0.3, 0.4) is 0 Å². The number of hydrogen-bond acceptors (Lipinski definition) is 9. The van der Waals surface area contributed by atoms with Gasteiger partial charge in [-0.15, -0.1) is 5.26 Å². The largest absolute Gasteiger partial charge is 0.387 e. The first kappa shape index (κ1) is 49.5. The highest BCUT2D eigenvalue weighted by atomic mass is 35.5. The topological polar surface area (TPSA) is 175 Å². The number of rotatable bonds is 13. The van der Waals surface area contributed by atoms with Crippen LogP contribution in [-0.2, 0) is 20.0 Å². The number of carbonyl (C=O) groups excluding carboxylic acids is 1. The molecule has 0 radical (unpaired) electrons. The zero-order valence-electron chi connectivity index (χ0n) is 35.1. The summed E-state index contributed by atoms with van der Waals surface area (Å²) in [6.07, 6.45) is 3.77. The van der Waals surface area contributed by atoms with Crippen molar-refractivity contribution < 1.29 is 26.4 Å². The van der Waals surface area contributed by atoms with E-state index in [1.807, 2.05) is 52.0 Å². The first-order valence-corrected chi connectivity index (χ1v) is 23.3. The second-order valence-electron chi connectivity index (χ2n) is 16.0. The highest BCUT2D eigenvalue weighted by molar-refractivity contribution is 7.90. The molecule has 2 aromatic carbocycles. The number of carbonyl (C=O) groups is 1. The molecule has 2 atom stereocenters. The van der Waals surface area contributed by atoms with E-state index in [4.69, 9.17) is 38.3 Å². The maximum atomic E-state index is 12.5. The molecule has 2 aliphatic heterocycles. The number of nitrogens with zero attached hydrogens (tertiary/aromatic N) is 3. The van der Waals surface area contributed by atoms with Crippen LogP contribution in [0.2, 0.25) is 10.0 Å². The van der Waals surface area contributed by atoms with Gasteiger partial charge in [-0.05, 0) is 85.8 Å². The molecule has 12 nitrogen and oxygen atoms in total. The Morgan fingerprint density at radius 1 is 0.750 bits per heavy atom. The molecule has 0 aromatic heterocycles. The maximum absolute atomic E-state index is 12.5. The molecule has 2 aliphatic rings. The summed E-state index contributed by atoms with van der Waals surface area (Å²) in [7, 11) is -7.00. The number of halogens is 2. The molecule has 0 aliphatic carbocycles. The van der Waals surface area contributed by atoms with Gasteiger partial charge in [-0.1, -0.05) is 92.4 Å². The molecule has 0 bridgehead atoms. The van der Waals surface area contributed by atoms with Gasteiger partial charge in [0.25, 0.3) is 6.26 Å². The monoisotopic (exact) mass is 858 g/mol. The van der Waals surface area contributed by atoms with E-state index >= 15 is 0 Å². The van der Waals surface area contributed by atoms with Crippen molar-refractivity contribution in [2.45, 2.75) is 142 Å². The fourth-order valence-corrected chi connectivity index (χ4v) is 8.81. The van der Waals surface area contributed by atoms with Crippen LogP contribution in [0.4, 0.5) is 10.5 Å². The van der Waals surface area contributed by atoms with Gasteiger partial charge >= 0.3 is 6.03 Å². The standard InChI is InChI=1S/C20H32ClN3O3S.C13H16ClNO.C7H16N2O2S/c1-7-14(6)24-10-16(11-24)28(26,27)23-20(25)22-19-17(12(2)3)8-15(21)9-18(19)13(4)5;1-8(2)11-5-10(14)6-12(9(3)4)13(11)16-7-15;1-3-6(2)9-4-7(5-9)12(8,10)11/h8-9,12-14,16H,7,10-11H2,1-6H3,(H2,22,23,25);5-6,8-9H,1-4H3;6-7H,3-5H2,1-2H3,(H2,8,10,11). The van der Waals surface area contributed by atoms with Crippen LogP contribution in [0.1, 0.15) is 142 Å². The first-order valence-electron chi connectivity index (χ1n) is 19.4. The zero-order valence-corrected chi connectivity index (χ0v) is 38.3. The number of likely N-dealkylation sites (tertiary alicyclic amines) is 2. The summed E-state index contributed by atoms with van der Waals surface area (Å²) in [5.74, 6) is 1.47. The van der Waals surface area contributed by atoms with E-state index < -0.39 is 31.3 Å². The highest BCUT2D eigenvalue weighted by Crippen LogP contribution is 2.38. The molecule has 0 spiro atoms. The summed E-state index contributed by atoms with van der Waals surface area (Å²) in [6, 6.07) is 7.46. The summed E-state index contributed by atoms with van der Waals surface area (Å²) in [5.41, 5.74) is 4.37. The number of sulfonamides is 2. The number of hydrogen-bond donors (Lipinski definition) is 3. The maximum Gasteiger partial charge on any atom is 0.332 e. The van der Waals surface area contributed by atoms with Crippen molar-refractivity contribution >= 4 is 55.0 Å². The molecule has 16 heteroatoms. The summed E-state index contributed by atoms with van der Waals surface area (Å²) in [6.45, 7) is 26.7. The smallest absolute Gasteiger partial charge is 0.332 e. The third-order valence-electron chi connectivity index (χ3n) is 10.5. The lowest BCUT2D eigenvalue weighted by Crippen LogP contribution is -2.60. The van der Waals surface area contributed by atoms with Crippen molar-refractivity contribution in [1.29, 1.82) is 5.26 Å². The van der Waals surface area contributed by atoms with E-state index in [2.05, 4.69) is 75.2 Å². The number of amides is 2. The van der Waals surface area contributed by atoms with E-state index in [0.717, 1.165) is 35.1 Å². The van der Waals surface area contributed by atoms with Gasteiger partial charge in [-0.2, -0.15) is 0 Å². The number of nitrogens with one attached hydrogen (secondary N) is 2. The van der Waals surface area contributed by atoms with Crippen molar-refractivity contribution in [3.63, 3.8) is 0 Å². The number of benzene rings is 2. The van der Waals surface area contributed by atoms with Gasteiger partial charge < -0.3 is 10.1 Å². The van der Waals surface area contributed by atoms with E-state index in [9.17, 15) is 21.6 Å². The van der Waals surface area contributed by atoms with Crippen LogP contribution in [0.5, 0.6) is 5.75 Å². The lowest BCUT2D eigenvalue weighted by atomic mass is 9.92. The quantitative estimate of drug-likeness (QED) is 0.166. The van der Waals surface area contributed by atoms with Crippen molar-refractivity contribution in [2.24, 2.45) is 5.14 Å². The van der Waals surface area contributed by atoms with Crippen LogP contribution in [0.25, 0.3) is 0 Å². The fourth-order valence-electron chi connectivity index (χ4n) is 6.29. The Morgan fingerprint density at radius 2 is 1.11 bits per heavy atom.